The first kappa shape index (κ1) is 34.0. The number of hydrogen-bond donors (Lipinski definition) is 0. The summed E-state index contributed by atoms with van der Waals surface area (Å²) in [6, 6.07) is 85.8. The highest BCUT2D eigenvalue weighted by Gasteiger charge is 2.24. The summed E-state index contributed by atoms with van der Waals surface area (Å²) in [5, 5.41) is 4.99. The number of para-hydroxylation sites is 1. The highest BCUT2D eigenvalue weighted by Crippen LogP contribution is 2.50. The van der Waals surface area contributed by atoms with E-state index in [1.54, 1.807) is 0 Å². The van der Waals surface area contributed by atoms with Gasteiger partial charge in [-0.05, 0) is 96.4 Å². The molecule has 0 amide bonds. The fourth-order valence-electron chi connectivity index (χ4n) is 8.36. The van der Waals surface area contributed by atoms with Gasteiger partial charge in [0.2, 0.25) is 0 Å². The number of rotatable bonds is 8. The molecule has 0 bridgehead atoms. The van der Waals surface area contributed by atoms with Crippen LogP contribution in [0.1, 0.15) is 0 Å². The summed E-state index contributed by atoms with van der Waals surface area (Å²) >= 11 is 0. The van der Waals surface area contributed by atoms with Gasteiger partial charge in [-0.25, -0.2) is 0 Å². The van der Waals surface area contributed by atoms with Gasteiger partial charge in [-0.2, -0.15) is 0 Å². The van der Waals surface area contributed by atoms with Gasteiger partial charge in [-0.15, -0.1) is 0 Å². The first-order valence-electron chi connectivity index (χ1n) is 19.6. The van der Waals surface area contributed by atoms with E-state index in [4.69, 9.17) is 0 Å². The second-order valence-electron chi connectivity index (χ2n) is 14.5. The lowest BCUT2D eigenvalue weighted by Gasteiger charge is -2.31. The molecule has 10 aromatic rings. The van der Waals surface area contributed by atoms with E-state index in [-0.39, 0.29) is 0 Å². The zero-order chi connectivity index (χ0) is 38.0. The monoisotopic (exact) mass is 725 g/mol. The molecule has 0 aliphatic carbocycles. The average molecular weight is 726 g/mol. The van der Waals surface area contributed by atoms with Crippen molar-refractivity contribution in [3.8, 4) is 55.6 Å². The average Bonchev–Trinajstić information content (AvgIpc) is 3.30. The molecule has 0 saturated heterocycles. The Morgan fingerprint density at radius 2 is 0.737 bits per heavy atom. The van der Waals surface area contributed by atoms with Crippen molar-refractivity contribution in [2.75, 3.05) is 4.90 Å². The van der Waals surface area contributed by atoms with Crippen LogP contribution in [-0.2, 0) is 0 Å². The second-order valence-corrected chi connectivity index (χ2v) is 14.5. The Morgan fingerprint density at radius 3 is 1.42 bits per heavy atom. The Morgan fingerprint density at radius 1 is 0.246 bits per heavy atom. The normalized spacial score (nSPS) is 11.2. The molecule has 0 aromatic heterocycles. The molecule has 0 fully saturated rings. The zero-order valence-corrected chi connectivity index (χ0v) is 31.5. The van der Waals surface area contributed by atoms with E-state index < -0.39 is 0 Å². The molecule has 0 aliphatic rings. The Labute approximate surface area is 334 Å². The summed E-state index contributed by atoms with van der Waals surface area (Å²) in [4.78, 5) is 2.47. The number of nitrogens with zero attached hydrogens (tertiary/aromatic N) is 1. The lowest BCUT2D eigenvalue weighted by atomic mass is 9.86. The van der Waals surface area contributed by atoms with Crippen LogP contribution in [0.5, 0.6) is 0 Å². The van der Waals surface area contributed by atoms with Gasteiger partial charge >= 0.3 is 0 Å². The second kappa shape index (κ2) is 15.0. The standard InChI is InChI=1S/C56H39N/c1-5-18-40(19-6-1)41-34-36-47(37-35-41)57(54-31-16-15-28-48(54)42-20-7-2-8-21-42)55-39-51(43-22-9-3-10-23-43)53(38-52(55)44-24-11-4-12-25-44)50-30-17-27-46-33-32-45-26-13-14-29-49(45)56(46)50/h1-39H. The molecular formula is C56H39N. The number of benzene rings is 10. The summed E-state index contributed by atoms with van der Waals surface area (Å²) in [5.41, 5.74) is 15.1. The van der Waals surface area contributed by atoms with Gasteiger partial charge in [-0.1, -0.05) is 206 Å². The molecule has 10 aromatic carbocycles. The van der Waals surface area contributed by atoms with Crippen LogP contribution in [0.25, 0.3) is 77.2 Å². The highest BCUT2D eigenvalue weighted by molar-refractivity contribution is 6.16. The van der Waals surface area contributed by atoms with Crippen LogP contribution in [0.3, 0.4) is 0 Å². The molecule has 1 nitrogen and oxygen atoms in total. The Balaban J connectivity index is 1.31. The van der Waals surface area contributed by atoms with E-state index in [0.29, 0.717) is 0 Å². The van der Waals surface area contributed by atoms with Gasteiger partial charge < -0.3 is 4.90 Å². The largest absolute Gasteiger partial charge is 0.309 e. The van der Waals surface area contributed by atoms with Crippen molar-refractivity contribution in [3.05, 3.63) is 237 Å². The number of anilines is 3. The maximum absolute atomic E-state index is 2.47. The fourth-order valence-corrected chi connectivity index (χ4v) is 8.36. The minimum atomic E-state index is 1.08. The first-order chi connectivity index (χ1) is 28.3. The number of fused-ring (bicyclic) bond motifs is 3. The molecule has 0 heterocycles. The van der Waals surface area contributed by atoms with Gasteiger partial charge in [0.25, 0.3) is 0 Å². The summed E-state index contributed by atoms with van der Waals surface area (Å²) < 4.78 is 0. The Kier molecular flexibility index (Phi) is 8.95. The maximum atomic E-state index is 2.47. The molecule has 0 N–H and O–H groups in total. The van der Waals surface area contributed by atoms with Gasteiger partial charge in [0.15, 0.2) is 0 Å². The van der Waals surface area contributed by atoms with E-state index in [2.05, 4.69) is 241 Å². The van der Waals surface area contributed by atoms with Crippen molar-refractivity contribution in [1.29, 1.82) is 0 Å². The van der Waals surface area contributed by atoms with Gasteiger partial charge in [0.05, 0.1) is 11.4 Å². The van der Waals surface area contributed by atoms with Crippen LogP contribution in [0.2, 0.25) is 0 Å². The molecule has 268 valence electrons. The molecule has 0 spiro atoms. The van der Waals surface area contributed by atoms with E-state index in [9.17, 15) is 0 Å². The zero-order valence-electron chi connectivity index (χ0n) is 31.5. The highest BCUT2D eigenvalue weighted by atomic mass is 15.1. The van der Waals surface area contributed by atoms with Crippen LogP contribution < -0.4 is 4.90 Å². The van der Waals surface area contributed by atoms with Gasteiger partial charge in [-0.3, -0.25) is 0 Å². The Bertz CT molecular complexity index is 2970. The van der Waals surface area contributed by atoms with Crippen LogP contribution in [0.15, 0.2) is 237 Å². The smallest absolute Gasteiger partial charge is 0.0546 e. The maximum Gasteiger partial charge on any atom is 0.0546 e. The summed E-state index contributed by atoms with van der Waals surface area (Å²) in [5.74, 6) is 0. The molecule has 10 rings (SSSR count). The topological polar surface area (TPSA) is 3.24 Å². The molecule has 0 aliphatic heterocycles. The van der Waals surface area contributed by atoms with Crippen molar-refractivity contribution in [2.24, 2.45) is 0 Å². The minimum absolute atomic E-state index is 1.08. The quantitative estimate of drug-likeness (QED) is 0.141. The molecule has 0 saturated carbocycles. The van der Waals surface area contributed by atoms with E-state index in [1.165, 1.54) is 60.5 Å². The lowest BCUT2D eigenvalue weighted by Crippen LogP contribution is -2.13. The molecular weight excluding hydrogens is 687 g/mol. The third kappa shape index (κ3) is 6.46. The minimum Gasteiger partial charge on any atom is -0.309 e. The van der Waals surface area contributed by atoms with Crippen LogP contribution >= 0.6 is 0 Å². The van der Waals surface area contributed by atoms with E-state index in [1.807, 2.05) is 0 Å². The first-order valence-corrected chi connectivity index (χ1v) is 19.6. The molecule has 0 atom stereocenters. The van der Waals surface area contributed by atoms with Crippen molar-refractivity contribution >= 4 is 38.6 Å². The molecule has 0 unspecified atom stereocenters. The third-order valence-electron chi connectivity index (χ3n) is 11.1. The van der Waals surface area contributed by atoms with E-state index in [0.717, 1.165) is 33.8 Å². The SMILES string of the molecule is c1ccc(-c2ccc(N(c3ccccc3-c3ccccc3)c3cc(-c4ccccc4)c(-c4cccc5ccc6ccccc6c45)cc3-c3ccccc3)cc2)cc1. The van der Waals surface area contributed by atoms with Crippen molar-refractivity contribution < 1.29 is 0 Å². The molecule has 0 radical (unpaired) electrons. The molecule has 1 heteroatoms. The summed E-state index contributed by atoms with van der Waals surface area (Å²) in [7, 11) is 0. The van der Waals surface area contributed by atoms with Crippen LogP contribution in [0.4, 0.5) is 17.1 Å². The van der Waals surface area contributed by atoms with Crippen molar-refractivity contribution in [2.45, 2.75) is 0 Å². The van der Waals surface area contributed by atoms with Gasteiger partial charge in [0, 0.05) is 16.8 Å². The fraction of sp³-hybridized carbons (Fsp3) is 0. The lowest BCUT2D eigenvalue weighted by molar-refractivity contribution is 1.28. The van der Waals surface area contributed by atoms with E-state index >= 15 is 0 Å². The predicted octanol–water partition coefficient (Wildman–Crippen LogP) is 15.8. The van der Waals surface area contributed by atoms with Gasteiger partial charge in [0.1, 0.15) is 0 Å². The summed E-state index contributed by atoms with van der Waals surface area (Å²) in [6.45, 7) is 0. The third-order valence-corrected chi connectivity index (χ3v) is 11.1. The number of hydrogen-bond acceptors (Lipinski definition) is 1. The summed E-state index contributed by atoms with van der Waals surface area (Å²) in [6.07, 6.45) is 0. The van der Waals surface area contributed by atoms with Crippen molar-refractivity contribution in [1.82, 2.24) is 0 Å². The Hall–Kier alpha value is -7.48. The predicted molar refractivity (Wildman–Crippen MR) is 243 cm³/mol. The van der Waals surface area contributed by atoms with Crippen LogP contribution in [0, 0.1) is 0 Å². The van der Waals surface area contributed by atoms with Crippen LogP contribution in [-0.4, -0.2) is 0 Å². The molecule has 57 heavy (non-hydrogen) atoms. The van der Waals surface area contributed by atoms with Crippen molar-refractivity contribution in [3.63, 3.8) is 0 Å².